The molecule has 2 aromatic rings. The first-order valence-electron chi connectivity index (χ1n) is 9.22. The number of likely N-dealkylation sites (tertiary alicyclic amines) is 1. The summed E-state index contributed by atoms with van der Waals surface area (Å²) in [7, 11) is 0. The molecular weight excluding hydrogens is 314 g/mol. The molecule has 1 aliphatic carbocycles. The van der Waals surface area contributed by atoms with Crippen LogP contribution in [0.15, 0.2) is 30.6 Å². The minimum Gasteiger partial charge on any atom is -0.484 e. The van der Waals surface area contributed by atoms with Gasteiger partial charge in [0.05, 0.1) is 6.04 Å². The number of fused-ring (bicyclic) bond motifs is 1. The summed E-state index contributed by atoms with van der Waals surface area (Å²) in [6, 6.07) is 6.55. The smallest absolute Gasteiger partial charge is 0.260 e. The summed E-state index contributed by atoms with van der Waals surface area (Å²) in [6.45, 7) is 3.69. The maximum absolute atomic E-state index is 12.6. The van der Waals surface area contributed by atoms with Gasteiger partial charge in [-0.25, -0.2) is 4.98 Å². The molecule has 1 fully saturated rings. The number of aromatic nitrogens is 2. The molecule has 0 bridgehead atoms. The van der Waals surface area contributed by atoms with Gasteiger partial charge in [0, 0.05) is 25.5 Å². The summed E-state index contributed by atoms with van der Waals surface area (Å²) in [5, 5.41) is 0. The Balaban J connectivity index is 1.35. The number of amides is 1. The minimum absolute atomic E-state index is 0.0722. The van der Waals surface area contributed by atoms with E-state index < -0.39 is 0 Å². The van der Waals surface area contributed by atoms with Crippen LogP contribution in [0.25, 0.3) is 0 Å². The minimum atomic E-state index is 0.0722. The molecule has 1 aliphatic heterocycles. The number of hydrogen-bond donors (Lipinski definition) is 0. The van der Waals surface area contributed by atoms with Crippen LogP contribution in [0.1, 0.15) is 42.3 Å². The maximum Gasteiger partial charge on any atom is 0.260 e. The lowest BCUT2D eigenvalue weighted by molar-refractivity contribution is -0.135. The number of aryl methyl sites for hydroxylation is 3. The quantitative estimate of drug-likeness (QED) is 0.860. The lowest BCUT2D eigenvalue weighted by Crippen LogP contribution is -2.43. The molecule has 1 atom stereocenters. The predicted octanol–water partition coefficient (Wildman–Crippen LogP) is 2.92. The van der Waals surface area contributed by atoms with E-state index in [4.69, 9.17) is 4.74 Å². The van der Waals surface area contributed by atoms with Crippen LogP contribution in [0, 0.1) is 6.92 Å². The first kappa shape index (κ1) is 16.2. The highest BCUT2D eigenvalue weighted by Gasteiger charge is 2.25. The molecule has 1 saturated heterocycles. The summed E-state index contributed by atoms with van der Waals surface area (Å²) in [5.74, 6) is 1.89. The average molecular weight is 339 g/mol. The second kappa shape index (κ2) is 6.90. The van der Waals surface area contributed by atoms with Crippen molar-refractivity contribution in [2.24, 2.45) is 0 Å². The van der Waals surface area contributed by atoms with E-state index in [0.29, 0.717) is 6.04 Å². The van der Waals surface area contributed by atoms with Crippen molar-refractivity contribution in [3.63, 3.8) is 0 Å². The van der Waals surface area contributed by atoms with Crippen LogP contribution in [-0.2, 0) is 17.6 Å². The zero-order valence-corrected chi connectivity index (χ0v) is 14.8. The highest BCUT2D eigenvalue weighted by atomic mass is 16.5. The third-order valence-corrected chi connectivity index (χ3v) is 5.44. The monoisotopic (exact) mass is 339 g/mol. The second-order valence-electron chi connectivity index (χ2n) is 7.09. The van der Waals surface area contributed by atoms with Crippen LogP contribution < -0.4 is 4.74 Å². The Kier molecular flexibility index (Phi) is 4.47. The van der Waals surface area contributed by atoms with Gasteiger partial charge in [-0.1, -0.05) is 6.07 Å². The van der Waals surface area contributed by atoms with E-state index in [1.54, 1.807) is 0 Å². The molecule has 0 spiro atoms. The molecule has 2 aliphatic rings. The van der Waals surface area contributed by atoms with Crippen LogP contribution in [0.4, 0.5) is 0 Å². The van der Waals surface area contributed by atoms with E-state index in [9.17, 15) is 4.79 Å². The van der Waals surface area contributed by atoms with Crippen molar-refractivity contribution in [1.82, 2.24) is 14.5 Å². The molecular formula is C20H25N3O2. The molecule has 5 nitrogen and oxygen atoms in total. The van der Waals surface area contributed by atoms with Gasteiger partial charge in [0.1, 0.15) is 11.6 Å². The fourth-order valence-electron chi connectivity index (χ4n) is 4.06. The highest BCUT2D eigenvalue weighted by molar-refractivity contribution is 5.78. The number of piperidine rings is 1. The fraction of sp³-hybridized carbons (Fsp3) is 0.500. The molecule has 1 aromatic carbocycles. The van der Waals surface area contributed by atoms with E-state index in [0.717, 1.165) is 50.3 Å². The first-order chi connectivity index (χ1) is 12.2. The Hall–Kier alpha value is -2.30. The molecule has 2 heterocycles. The average Bonchev–Trinajstić information content (AvgIpc) is 3.27. The van der Waals surface area contributed by atoms with E-state index in [2.05, 4.69) is 21.7 Å². The van der Waals surface area contributed by atoms with Crippen molar-refractivity contribution >= 4 is 5.91 Å². The summed E-state index contributed by atoms with van der Waals surface area (Å²) in [6.07, 6.45) is 9.46. The van der Waals surface area contributed by atoms with Gasteiger partial charge in [0.2, 0.25) is 0 Å². The molecule has 1 aromatic heterocycles. The topological polar surface area (TPSA) is 47.4 Å². The van der Waals surface area contributed by atoms with Crippen molar-refractivity contribution in [3.05, 3.63) is 47.5 Å². The lowest BCUT2D eigenvalue weighted by atomic mass is 10.1. The van der Waals surface area contributed by atoms with E-state index in [1.807, 2.05) is 30.3 Å². The predicted molar refractivity (Wildman–Crippen MR) is 95.8 cm³/mol. The van der Waals surface area contributed by atoms with Gasteiger partial charge >= 0.3 is 0 Å². The molecule has 4 rings (SSSR count). The number of rotatable bonds is 4. The van der Waals surface area contributed by atoms with E-state index >= 15 is 0 Å². The highest BCUT2D eigenvalue weighted by Crippen LogP contribution is 2.26. The number of benzene rings is 1. The maximum atomic E-state index is 12.6. The zero-order chi connectivity index (χ0) is 17.2. The van der Waals surface area contributed by atoms with E-state index in [1.165, 1.54) is 17.5 Å². The fourth-order valence-corrected chi connectivity index (χ4v) is 4.06. The van der Waals surface area contributed by atoms with Gasteiger partial charge in [-0.3, -0.25) is 4.79 Å². The van der Waals surface area contributed by atoms with Gasteiger partial charge in [-0.05, 0) is 62.3 Å². The number of imidazole rings is 1. The normalized spacial score (nSPS) is 19.7. The van der Waals surface area contributed by atoms with Crippen LogP contribution in [0.2, 0.25) is 0 Å². The molecule has 0 N–H and O–H groups in total. The number of hydrogen-bond acceptors (Lipinski definition) is 3. The Bertz CT molecular complexity index is 768. The molecule has 25 heavy (non-hydrogen) atoms. The van der Waals surface area contributed by atoms with Crippen LogP contribution in [0.5, 0.6) is 5.75 Å². The van der Waals surface area contributed by atoms with Crippen LogP contribution in [-0.4, -0.2) is 40.1 Å². The summed E-state index contributed by atoms with van der Waals surface area (Å²) in [4.78, 5) is 18.8. The Labute approximate surface area is 148 Å². The molecule has 5 heteroatoms. The standard InChI is InChI=1S/C20H25N3O2/c1-15-21-9-11-23(15)18-6-3-10-22(13-18)20(24)14-25-19-8-7-16-4-2-5-17(16)12-19/h7-9,11-12,18H,2-6,10,13-14H2,1H3/t18-/m0/s1. The summed E-state index contributed by atoms with van der Waals surface area (Å²) >= 11 is 0. The Morgan fingerprint density at radius 2 is 2.16 bits per heavy atom. The molecule has 0 radical (unpaired) electrons. The molecule has 132 valence electrons. The van der Waals surface area contributed by atoms with Crippen molar-refractivity contribution in [1.29, 1.82) is 0 Å². The third kappa shape index (κ3) is 3.41. The molecule has 1 amide bonds. The van der Waals surface area contributed by atoms with Crippen molar-refractivity contribution in [2.75, 3.05) is 19.7 Å². The van der Waals surface area contributed by atoms with Gasteiger partial charge < -0.3 is 14.2 Å². The van der Waals surface area contributed by atoms with Crippen molar-refractivity contribution in [2.45, 2.75) is 45.1 Å². The number of carbonyl (C=O) groups excluding carboxylic acids is 1. The summed E-state index contributed by atoms with van der Waals surface area (Å²) < 4.78 is 7.97. The zero-order valence-electron chi connectivity index (χ0n) is 14.8. The SMILES string of the molecule is Cc1nccn1[C@H]1CCCN(C(=O)COc2ccc3c(c2)CCC3)C1. The van der Waals surface area contributed by atoms with Gasteiger partial charge in [0.25, 0.3) is 5.91 Å². The van der Waals surface area contributed by atoms with Gasteiger partial charge in [-0.2, -0.15) is 0 Å². The molecule has 0 saturated carbocycles. The summed E-state index contributed by atoms with van der Waals surface area (Å²) in [5.41, 5.74) is 2.80. The van der Waals surface area contributed by atoms with E-state index in [-0.39, 0.29) is 12.5 Å². The van der Waals surface area contributed by atoms with Crippen LogP contribution in [0.3, 0.4) is 0 Å². The third-order valence-electron chi connectivity index (χ3n) is 5.44. The number of nitrogens with zero attached hydrogens (tertiary/aromatic N) is 3. The lowest BCUT2D eigenvalue weighted by Gasteiger charge is -2.33. The van der Waals surface area contributed by atoms with Gasteiger partial charge in [-0.15, -0.1) is 0 Å². The van der Waals surface area contributed by atoms with Crippen molar-refractivity contribution < 1.29 is 9.53 Å². The first-order valence-corrected chi connectivity index (χ1v) is 9.22. The Morgan fingerprint density at radius 1 is 1.28 bits per heavy atom. The second-order valence-corrected chi connectivity index (χ2v) is 7.09. The van der Waals surface area contributed by atoms with Gasteiger partial charge in [0.15, 0.2) is 6.61 Å². The van der Waals surface area contributed by atoms with Crippen LogP contribution >= 0.6 is 0 Å². The Morgan fingerprint density at radius 3 is 3.00 bits per heavy atom. The van der Waals surface area contributed by atoms with Crippen molar-refractivity contribution in [3.8, 4) is 5.75 Å². The largest absolute Gasteiger partial charge is 0.484 e. The molecule has 0 unspecified atom stereocenters. The number of carbonyl (C=O) groups is 1. The number of ether oxygens (including phenoxy) is 1.